The maximum atomic E-state index is 12.6. The monoisotopic (exact) mass is 516 g/mol. The minimum Gasteiger partial charge on any atom is -0.426 e. The third-order valence-electron chi connectivity index (χ3n) is 5.74. The van der Waals surface area contributed by atoms with Gasteiger partial charge >= 0.3 is 24.6 Å². The van der Waals surface area contributed by atoms with Crippen LogP contribution in [0, 0.1) is 0 Å². The van der Waals surface area contributed by atoms with Gasteiger partial charge in [0.15, 0.2) is 0 Å². The molecule has 1 saturated carbocycles. The van der Waals surface area contributed by atoms with Crippen LogP contribution in [0.1, 0.15) is 42.7 Å². The summed E-state index contributed by atoms with van der Waals surface area (Å²) in [5.41, 5.74) is 2.17. The van der Waals surface area contributed by atoms with Gasteiger partial charge in [0.05, 0.1) is 0 Å². The highest BCUT2D eigenvalue weighted by molar-refractivity contribution is 6.31. The fourth-order valence-corrected chi connectivity index (χ4v) is 4.56. The van der Waals surface area contributed by atoms with Crippen LogP contribution in [-0.4, -0.2) is 66.7 Å². The predicted molar refractivity (Wildman–Crippen MR) is 107 cm³/mol. The minimum atomic E-state index is -5.72. The summed E-state index contributed by atoms with van der Waals surface area (Å²) in [6.07, 6.45) is -12.5. The maximum absolute atomic E-state index is 12.6. The second kappa shape index (κ2) is 11.9. The SMILES string of the molecule is O=C(OC(C(F)(F)F)C(F)(F)F)N1CCN(Cc2cccc(Cl)c2C2CCCC2)CC1.O=C=O. The molecule has 0 radical (unpaired) electrons. The van der Waals surface area contributed by atoms with Gasteiger partial charge in [-0.3, -0.25) is 4.90 Å². The zero-order chi connectivity index (χ0) is 25.5. The Balaban J connectivity index is 0.00000129. The first-order valence-corrected chi connectivity index (χ1v) is 10.8. The lowest BCUT2D eigenvalue weighted by atomic mass is 9.92. The molecule has 1 aliphatic heterocycles. The molecule has 6 nitrogen and oxygen atoms in total. The van der Waals surface area contributed by atoms with Crippen molar-refractivity contribution in [3.8, 4) is 0 Å². The van der Waals surface area contributed by atoms with E-state index in [4.69, 9.17) is 21.2 Å². The number of carbonyl (C=O) groups excluding carboxylic acids is 3. The second-order valence-electron chi connectivity index (χ2n) is 7.99. The van der Waals surface area contributed by atoms with Crippen molar-refractivity contribution in [3.05, 3.63) is 34.3 Å². The van der Waals surface area contributed by atoms with E-state index in [0.29, 0.717) is 30.6 Å². The molecule has 34 heavy (non-hydrogen) atoms. The summed E-state index contributed by atoms with van der Waals surface area (Å²) in [5.74, 6) is 0.390. The van der Waals surface area contributed by atoms with Crippen molar-refractivity contribution >= 4 is 23.8 Å². The van der Waals surface area contributed by atoms with Gasteiger partial charge < -0.3 is 9.64 Å². The van der Waals surface area contributed by atoms with E-state index in [-0.39, 0.29) is 19.2 Å². The molecule has 1 amide bonds. The van der Waals surface area contributed by atoms with Crippen LogP contribution in [0.2, 0.25) is 5.02 Å². The highest BCUT2D eigenvalue weighted by Gasteiger charge is 2.60. The lowest BCUT2D eigenvalue weighted by Crippen LogP contribution is -2.52. The Morgan fingerprint density at radius 1 is 1.03 bits per heavy atom. The lowest BCUT2D eigenvalue weighted by Gasteiger charge is -2.35. The topological polar surface area (TPSA) is 66.9 Å². The molecule has 1 aliphatic carbocycles. The van der Waals surface area contributed by atoms with Crippen LogP contribution in [0.25, 0.3) is 0 Å². The number of amides is 1. The molecule has 2 fully saturated rings. The Kier molecular flexibility index (Phi) is 9.78. The normalized spacial score (nSPS) is 17.8. The summed E-state index contributed by atoms with van der Waals surface area (Å²) < 4.78 is 79.4. The Morgan fingerprint density at radius 2 is 1.56 bits per heavy atom. The van der Waals surface area contributed by atoms with Crippen LogP contribution in [0.3, 0.4) is 0 Å². The van der Waals surface area contributed by atoms with Crippen LogP contribution in [0.4, 0.5) is 31.1 Å². The lowest BCUT2D eigenvalue weighted by molar-refractivity contribution is -0.308. The highest BCUT2D eigenvalue weighted by atomic mass is 35.5. The molecule has 2 aliphatic rings. The van der Waals surface area contributed by atoms with Crippen molar-refractivity contribution in [3.63, 3.8) is 0 Å². The van der Waals surface area contributed by atoms with Gasteiger partial charge in [0.25, 0.3) is 6.10 Å². The van der Waals surface area contributed by atoms with Gasteiger partial charge in [0.2, 0.25) is 0 Å². The van der Waals surface area contributed by atoms with Crippen molar-refractivity contribution in [2.24, 2.45) is 0 Å². The fourth-order valence-electron chi connectivity index (χ4n) is 4.22. The number of rotatable bonds is 4. The maximum Gasteiger partial charge on any atom is 0.434 e. The second-order valence-corrected chi connectivity index (χ2v) is 8.39. The summed E-state index contributed by atoms with van der Waals surface area (Å²) in [6.45, 7) is 1.09. The molecule has 1 aromatic carbocycles. The van der Waals surface area contributed by atoms with Gasteiger partial charge in [-0.1, -0.05) is 36.6 Å². The van der Waals surface area contributed by atoms with Crippen molar-refractivity contribution in [2.75, 3.05) is 26.2 Å². The van der Waals surface area contributed by atoms with Crippen LogP contribution < -0.4 is 0 Å². The van der Waals surface area contributed by atoms with E-state index in [1.807, 2.05) is 23.1 Å². The van der Waals surface area contributed by atoms with Gasteiger partial charge in [0.1, 0.15) is 0 Å². The molecular formula is C21H23ClF6N2O4. The molecule has 0 spiro atoms. The van der Waals surface area contributed by atoms with Crippen LogP contribution in [0.15, 0.2) is 18.2 Å². The van der Waals surface area contributed by atoms with Crippen LogP contribution >= 0.6 is 11.6 Å². The number of ether oxygens (including phenoxy) is 1. The van der Waals surface area contributed by atoms with Crippen molar-refractivity contribution in [1.29, 1.82) is 0 Å². The molecule has 190 valence electrons. The van der Waals surface area contributed by atoms with Gasteiger partial charge in [-0.2, -0.15) is 35.9 Å². The number of hydrogen-bond acceptors (Lipinski definition) is 5. The Bertz CT molecular complexity index is 846. The first kappa shape index (κ1) is 27.9. The Labute approximate surface area is 196 Å². The number of halogens is 7. The average Bonchev–Trinajstić information content (AvgIpc) is 3.26. The standard InChI is InChI=1S/C20H23ClF6N2O2.CO2/c21-15-7-3-6-14(16(15)13-4-1-2-5-13)12-28-8-10-29(11-9-28)18(30)31-17(19(22,23)24)20(25,26)27;2-1-3/h3,6-7,13,17H,1-2,4-5,8-12H2;. The minimum absolute atomic E-state index is 0.0272. The quantitative estimate of drug-likeness (QED) is 0.517. The molecule has 0 N–H and O–H groups in total. The molecule has 0 atom stereocenters. The van der Waals surface area contributed by atoms with Crippen LogP contribution in [-0.2, 0) is 20.9 Å². The van der Waals surface area contributed by atoms with E-state index >= 15 is 0 Å². The van der Waals surface area contributed by atoms with Crippen LogP contribution in [0.5, 0.6) is 0 Å². The third kappa shape index (κ3) is 7.61. The van der Waals surface area contributed by atoms with E-state index in [1.165, 1.54) is 0 Å². The van der Waals surface area contributed by atoms with Gasteiger partial charge in [-0.05, 0) is 36.0 Å². The molecule has 1 heterocycles. The first-order valence-electron chi connectivity index (χ1n) is 10.5. The number of piperazine rings is 1. The van der Waals surface area contributed by atoms with E-state index < -0.39 is 24.5 Å². The van der Waals surface area contributed by atoms with E-state index in [2.05, 4.69) is 4.74 Å². The zero-order valence-electron chi connectivity index (χ0n) is 17.9. The third-order valence-corrected chi connectivity index (χ3v) is 6.07. The van der Waals surface area contributed by atoms with Gasteiger partial charge in [-0.15, -0.1) is 0 Å². The molecule has 1 saturated heterocycles. The average molecular weight is 517 g/mol. The smallest absolute Gasteiger partial charge is 0.426 e. The number of benzene rings is 1. The molecule has 3 rings (SSSR count). The first-order chi connectivity index (χ1) is 15.9. The van der Waals surface area contributed by atoms with Gasteiger partial charge in [0, 0.05) is 37.7 Å². The molecule has 0 unspecified atom stereocenters. The summed E-state index contributed by atoms with van der Waals surface area (Å²) in [6, 6.07) is 5.69. The van der Waals surface area contributed by atoms with Crippen molar-refractivity contribution < 1.29 is 45.5 Å². The Morgan fingerprint density at radius 3 is 2.06 bits per heavy atom. The number of hydrogen-bond donors (Lipinski definition) is 0. The largest absolute Gasteiger partial charge is 0.434 e. The van der Waals surface area contributed by atoms with Crippen molar-refractivity contribution in [2.45, 2.75) is 56.6 Å². The number of alkyl halides is 6. The summed E-state index contributed by atoms with van der Waals surface area (Å²) in [5, 5.41) is 0.706. The van der Waals surface area contributed by atoms with Crippen molar-refractivity contribution in [1.82, 2.24) is 9.80 Å². The predicted octanol–water partition coefficient (Wildman–Crippen LogP) is 5.16. The fraction of sp³-hybridized carbons (Fsp3) is 0.619. The van der Waals surface area contributed by atoms with E-state index in [9.17, 15) is 31.1 Å². The number of carbonyl (C=O) groups is 1. The summed E-state index contributed by atoms with van der Waals surface area (Å²) >= 11 is 6.44. The summed E-state index contributed by atoms with van der Waals surface area (Å²) in [4.78, 5) is 31.0. The molecule has 13 heteroatoms. The Hall–Kier alpha value is -2.30. The highest BCUT2D eigenvalue weighted by Crippen LogP contribution is 2.40. The summed E-state index contributed by atoms with van der Waals surface area (Å²) in [7, 11) is 0. The molecular weight excluding hydrogens is 494 g/mol. The zero-order valence-corrected chi connectivity index (χ0v) is 18.7. The molecule has 0 bridgehead atoms. The van der Waals surface area contributed by atoms with E-state index in [1.54, 1.807) is 0 Å². The van der Waals surface area contributed by atoms with Gasteiger partial charge in [-0.25, -0.2) is 4.79 Å². The van der Waals surface area contributed by atoms with E-state index in [0.717, 1.165) is 41.7 Å². The molecule has 1 aromatic rings. The molecule has 0 aromatic heterocycles. The number of nitrogens with zero attached hydrogens (tertiary/aromatic N) is 2.